The maximum Gasteiger partial charge on any atom is 0.224 e. The van der Waals surface area contributed by atoms with Crippen molar-refractivity contribution < 1.29 is 7.65 Å². The maximum absolute atomic E-state index is 11.6. The van der Waals surface area contributed by atoms with Crippen molar-refractivity contribution >= 4 is 40.8 Å². The highest BCUT2D eigenvalue weighted by molar-refractivity contribution is 7.99. The van der Waals surface area contributed by atoms with Crippen LogP contribution in [0.4, 0.5) is 23.1 Å². The summed E-state index contributed by atoms with van der Waals surface area (Å²) in [5, 5.41) is 17.4. The molecule has 1 saturated heterocycles. The first-order chi connectivity index (χ1) is 16.6. The lowest BCUT2D eigenvalue weighted by Gasteiger charge is -2.26. The van der Waals surface area contributed by atoms with Gasteiger partial charge in [-0.2, -0.15) is 5.10 Å². The molecule has 184 valence electrons. The molecule has 0 saturated carbocycles. The number of rotatable bonds is 10. The Morgan fingerprint density at radius 3 is 2.56 bits per heavy atom. The fourth-order valence-corrected chi connectivity index (χ4v) is 4.50. The van der Waals surface area contributed by atoms with Gasteiger partial charge in [0, 0.05) is 50.8 Å². The molecule has 1 aliphatic rings. The second-order valence-electron chi connectivity index (χ2n) is 8.34. The van der Waals surface area contributed by atoms with Gasteiger partial charge in [-0.25, -0.2) is 9.97 Å². The lowest BCUT2D eigenvalue weighted by Crippen LogP contribution is -2.33. The van der Waals surface area contributed by atoms with Crippen molar-refractivity contribution in [2.45, 2.75) is 49.6 Å². The topological polar surface area (TPSA) is 111 Å². The molecular formula is C24H36N8OS. The summed E-state index contributed by atoms with van der Waals surface area (Å²) >= 11 is 1.47. The number of nitrogens with one attached hydrogen (secondary N) is 4. The van der Waals surface area contributed by atoms with Crippen molar-refractivity contribution in [3.05, 3.63) is 42.1 Å². The molecule has 1 fully saturated rings. The lowest BCUT2D eigenvalue weighted by atomic mass is 10.1. The van der Waals surface area contributed by atoms with Gasteiger partial charge < -0.3 is 20.9 Å². The van der Waals surface area contributed by atoms with Crippen LogP contribution in [0.25, 0.3) is 0 Å². The Morgan fingerprint density at radius 2 is 1.85 bits per heavy atom. The molecule has 3 heterocycles. The maximum atomic E-state index is 11.6. The second-order valence-corrected chi connectivity index (χ2v) is 9.38. The van der Waals surface area contributed by atoms with Crippen molar-refractivity contribution in [1.82, 2.24) is 25.1 Å². The summed E-state index contributed by atoms with van der Waals surface area (Å²) in [5.41, 5.74) is 1.75. The van der Waals surface area contributed by atoms with Gasteiger partial charge >= 0.3 is 0 Å². The van der Waals surface area contributed by atoms with Crippen molar-refractivity contribution in [2.24, 2.45) is 0 Å². The van der Waals surface area contributed by atoms with Crippen LogP contribution >= 0.6 is 11.8 Å². The van der Waals surface area contributed by atoms with Gasteiger partial charge in [-0.15, -0.1) is 0 Å². The van der Waals surface area contributed by atoms with Gasteiger partial charge in [0.1, 0.15) is 11.6 Å². The fourth-order valence-electron chi connectivity index (χ4n) is 3.72. The number of carbonyl (C=O) groups excluding carboxylic acids is 1. The van der Waals surface area contributed by atoms with E-state index in [1.807, 2.05) is 50.2 Å². The van der Waals surface area contributed by atoms with Crippen LogP contribution in [0.5, 0.6) is 0 Å². The normalized spacial score (nSPS) is 14.1. The van der Waals surface area contributed by atoms with E-state index in [1.165, 1.54) is 44.1 Å². The van der Waals surface area contributed by atoms with E-state index in [9.17, 15) is 4.79 Å². The first-order valence-corrected chi connectivity index (χ1v) is 12.6. The SMILES string of the molecule is CCC(=O)Nc1ccc(Sc2nc(NCCN3CCCCC3)cc(Nc3cc(C)[nH]n3)n2)cc1.[HH].[HH]. The summed E-state index contributed by atoms with van der Waals surface area (Å²) in [6.45, 7) is 7.96. The van der Waals surface area contributed by atoms with Gasteiger partial charge in [0.05, 0.1) is 0 Å². The molecule has 4 rings (SSSR count). The average molecular weight is 485 g/mol. The van der Waals surface area contributed by atoms with E-state index in [4.69, 9.17) is 4.98 Å². The first-order valence-electron chi connectivity index (χ1n) is 11.8. The standard InChI is InChI=1S/C24H32N8OS.2H2/c1-3-23(33)26-18-7-9-19(10-8-18)34-24-28-20(25-11-14-32-12-5-4-6-13-32)16-21(29-24)27-22-15-17(2)30-31-22;;/h7-10,15-16H,3-6,11-14H2,1-2H3,(H,26,33)(H3,25,27,28,29,30,31);2*1H. The number of aryl methyl sites for hydroxylation is 1. The monoisotopic (exact) mass is 484 g/mol. The predicted octanol–water partition coefficient (Wildman–Crippen LogP) is 5.14. The highest BCUT2D eigenvalue weighted by Crippen LogP contribution is 2.29. The third kappa shape index (κ3) is 7.19. The van der Waals surface area contributed by atoms with Crippen LogP contribution in [0.3, 0.4) is 0 Å². The number of aromatic amines is 1. The predicted molar refractivity (Wildman–Crippen MR) is 141 cm³/mol. The molecule has 1 aliphatic heterocycles. The summed E-state index contributed by atoms with van der Waals surface area (Å²) in [6.07, 6.45) is 4.36. The molecule has 0 bridgehead atoms. The Hall–Kier alpha value is -3.11. The zero-order valence-corrected chi connectivity index (χ0v) is 20.5. The van der Waals surface area contributed by atoms with Crippen LogP contribution in [-0.2, 0) is 4.79 Å². The summed E-state index contributed by atoms with van der Waals surface area (Å²) in [5.74, 6) is 2.16. The highest BCUT2D eigenvalue weighted by Gasteiger charge is 2.11. The molecule has 0 atom stereocenters. The van der Waals surface area contributed by atoms with Gasteiger partial charge in [0.15, 0.2) is 11.0 Å². The van der Waals surface area contributed by atoms with E-state index in [-0.39, 0.29) is 8.76 Å². The van der Waals surface area contributed by atoms with Gasteiger partial charge in [-0.3, -0.25) is 9.89 Å². The van der Waals surface area contributed by atoms with Crippen molar-refractivity contribution in [3.8, 4) is 0 Å². The number of anilines is 4. The van der Waals surface area contributed by atoms with E-state index >= 15 is 0 Å². The van der Waals surface area contributed by atoms with Gasteiger partial charge in [0.25, 0.3) is 0 Å². The Morgan fingerprint density at radius 1 is 1.09 bits per heavy atom. The van der Waals surface area contributed by atoms with Crippen LogP contribution in [0.1, 0.15) is 41.2 Å². The molecule has 9 nitrogen and oxygen atoms in total. The Labute approximate surface area is 207 Å². The zero-order valence-electron chi connectivity index (χ0n) is 19.7. The van der Waals surface area contributed by atoms with Crippen LogP contribution in [0.15, 0.2) is 46.5 Å². The minimum Gasteiger partial charge on any atom is -0.369 e. The molecule has 1 amide bonds. The molecule has 3 aromatic rings. The third-order valence-corrected chi connectivity index (χ3v) is 6.39. The molecular weight excluding hydrogens is 448 g/mol. The number of benzene rings is 1. The number of piperidine rings is 1. The number of aromatic nitrogens is 4. The summed E-state index contributed by atoms with van der Waals surface area (Å²) in [6, 6.07) is 11.5. The van der Waals surface area contributed by atoms with Crippen molar-refractivity contribution in [2.75, 3.05) is 42.1 Å². The van der Waals surface area contributed by atoms with Crippen LogP contribution in [-0.4, -0.2) is 57.2 Å². The summed E-state index contributed by atoms with van der Waals surface area (Å²) < 4.78 is 0. The number of hydrogen-bond donors (Lipinski definition) is 4. The molecule has 0 radical (unpaired) electrons. The van der Waals surface area contributed by atoms with Crippen LogP contribution < -0.4 is 16.0 Å². The number of carbonyl (C=O) groups is 1. The van der Waals surface area contributed by atoms with Gasteiger partial charge in [-0.1, -0.05) is 13.3 Å². The van der Waals surface area contributed by atoms with Gasteiger partial charge in [-0.05, 0) is 68.9 Å². The number of likely N-dealkylation sites (tertiary alicyclic amines) is 1. The number of amides is 1. The minimum atomic E-state index is -0.00335. The van der Waals surface area contributed by atoms with E-state index in [1.54, 1.807) is 0 Å². The highest BCUT2D eigenvalue weighted by atomic mass is 32.2. The Balaban J connectivity index is 0.00000228. The van der Waals surface area contributed by atoms with E-state index in [0.29, 0.717) is 23.2 Å². The van der Waals surface area contributed by atoms with Crippen molar-refractivity contribution in [3.63, 3.8) is 0 Å². The molecule has 10 heteroatoms. The van der Waals surface area contributed by atoms with Crippen LogP contribution in [0.2, 0.25) is 0 Å². The number of nitrogens with zero attached hydrogens (tertiary/aromatic N) is 4. The molecule has 4 N–H and O–H groups in total. The molecule has 34 heavy (non-hydrogen) atoms. The Kier molecular flexibility index (Phi) is 8.37. The molecule has 0 aliphatic carbocycles. The smallest absolute Gasteiger partial charge is 0.224 e. The van der Waals surface area contributed by atoms with Crippen LogP contribution in [0, 0.1) is 6.92 Å². The fraction of sp³-hybridized carbons (Fsp3) is 0.417. The third-order valence-electron chi connectivity index (χ3n) is 5.52. The van der Waals surface area contributed by atoms with E-state index in [2.05, 4.69) is 36.0 Å². The first kappa shape index (κ1) is 24.0. The molecule has 1 aromatic carbocycles. The molecule has 2 aromatic heterocycles. The Bertz CT molecular complexity index is 1090. The van der Waals surface area contributed by atoms with E-state index in [0.717, 1.165) is 35.2 Å². The second kappa shape index (κ2) is 11.8. The average Bonchev–Trinajstić information content (AvgIpc) is 3.25. The van der Waals surface area contributed by atoms with Gasteiger partial charge in [0.2, 0.25) is 5.91 Å². The largest absolute Gasteiger partial charge is 0.369 e. The summed E-state index contributed by atoms with van der Waals surface area (Å²) in [4.78, 5) is 24.5. The minimum absolute atomic E-state index is 0. The molecule has 0 spiro atoms. The zero-order chi connectivity index (χ0) is 23.8. The number of H-pyrrole nitrogens is 1. The number of hydrogen-bond acceptors (Lipinski definition) is 8. The summed E-state index contributed by atoms with van der Waals surface area (Å²) in [7, 11) is 0. The quantitative estimate of drug-likeness (QED) is 0.293. The van der Waals surface area contributed by atoms with E-state index < -0.39 is 0 Å². The van der Waals surface area contributed by atoms with Crippen molar-refractivity contribution in [1.29, 1.82) is 0 Å². The lowest BCUT2D eigenvalue weighted by molar-refractivity contribution is -0.115. The molecule has 0 unspecified atom stereocenters.